The highest BCUT2D eigenvalue weighted by Crippen LogP contribution is 2.33. The third-order valence-electron chi connectivity index (χ3n) is 4.46. The zero-order valence-corrected chi connectivity index (χ0v) is 17.9. The summed E-state index contributed by atoms with van der Waals surface area (Å²) in [6.45, 7) is 4.29. The summed E-state index contributed by atoms with van der Waals surface area (Å²) in [5, 5.41) is 0. The molecule has 0 bridgehead atoms. The van der Waals surface area contributed by atoms with Crippen LogP contribution in [0.4, 0.5) is 11.4 Å². The second kappa shape index (κ2) is 7.81. The molecule has 0 aliphatic carbocycles. The summed E-state index contributed by atoms with van der Waals surface area (Å²) in [5.41, 5.74) is 1.96. The van der Waals surface area contributed by atoms with Gasteiger partial charge in [-0.2, -0.15) is 0 Å². The maximum absolute atomic E-state index is 12.6. The molecule has 6 nitrogen and oxygen atoms in total. The summed E-state index contributed by atoms with van der Waals surface area (Å²) in [5.74, 6) is 0.110. The summed E-state index contributed by atoms with van der Waals surface area (Å²) in [7, 11) is -6.98. The van der Waals surface area contributed by atoms with E-state index in [2.05, 4.69) is 4.72 Å². The van der Waals surface area contributed by atoms with Gasteiger partial charge in [0.25, 0.3) is 10.0 Å². The van der Waals surface area contributed by atoms with Crippen molar-refractivity contribution in [2.75, 3.05) is 21.3 Å². The molecule has 0 saturated carbocycles. The molecule has 2 heterocycles. The smallest absolute Gasteiger partial charge is 0.271 e. The lowest BCUT2D eigenvalue weighted by atomic mass is 10.0. The minimum absolute atomic E-state index is 0.110. The Morgan fingerprint density at radius 3 is 2.56 bits per heavy atom. The number of hydrogen-bond donors (Lipinski definition) is 1. The summed E-state index contributed by atoms with van der Waals surface area (Å²) in [6, 6.07) is 8.51. The highest BCUT2D eigenvalue weighted by atomic mass is 32.2. The lowest BCUT2D eigenvalue weighted by Gasteiger charge is -2.30. The van der Waals surface area contributed by atoms with E-state index in [1.807, 2.05) is 19.9 Å². The first kappa shape index (κ1) is 20.2. The van der Waals surface area contributed by atoms with Crippen molar-refractivity contribution in [3.63, 3.8) is 0 Å². The molecule has 0 unspecified atom stereocenters. The molecular formula is C18H24N2O4S3. The predicted octanol–water partition coefficient (Wildman–Crippen LogP) is 3.60. The standard InChI is InChI=1S/C18H24N2O4S3/c1-3-12-26(21,22)20-11-5-6-14-13-15(7-9-17(14)20)19-27(23,24)18-10-8-16(4-2)25-18/h7-10,13,19H,3-6,11-12H2,1-2H3. The SMILES string of the molecule is CCCS(=O)(=O)N1CCCc2cc(NS(=O)(=O)c3ccc(CC)s3)ccc21. The zero-order chi connectivity index (χ0) is 19.7. The van der Waals surface area contributed by atoms with E-state index in [0.29, 0.717) is 24.3 Å². The zero-order valence-electron chi connectivity index (χ0n) is 15.4. The number of nitrogens with zero attached hydrogens (tertiary/aromatic N) is 1. The second-order valence-corrected chi connectivity index (χ2v) is 11.6. The van der Waals surface area contributed by atoms with Gasteiger partial charge < -0.3 is 0 Å². The van der Waals surface area contributed by atoms with Gasteiger partial charge in [-0.25, -0.2) is 16.8 Å². The first-order chi connectivity index (χ1) is 12.8. The van der Waals surface area contributed by atoms with Gasteiger partial charge in [-0.05, 0) is 61.6 Å². The molecule has 1 aliphatic rings. The summed E-state index contributed by atoms with van der Waals surface area (Å²) in [6.07, 6.45) is 2.80. The van der Waals surface area contributed by atoms with E-state index < -0.39 is 20.0 Å². The third kappa shape index (κ3) is 4.30. The van der Waals surface area contributed by atoms with Crippen molar-refractivity contribution in [3.8, 4) is 0 Å². The van der Waals surface area contributed by atoms with Gasteiger partial charge in [0.05, 0.1) is 11.4 Å². The van der Waals surface area contributed by atoms with Crippen LogP contribution in [0.1, 0.15) is 37.1 Å². The van der Waals surface area contributed by atoms with Crippen molar-refractivity contribution in [3.05, 3.63) is 40.8 Å². The van der Waals surface area contributed by atoms with Crippen LogP contribution in [-0.4, -0.2) is 29.1 Å². The van der Waals surface area contributed by atoms with Gasteiger partial charge in [0, 0.05) is 17.1 Å². The average Bonchev–Trinajstić information content (AvgIpc) is 3.11. The molecule has 1 aromatic carbocycles. The van der Waals surface area contributed by atoms with Gasteiger partial charge in [0.15, 0.2) is 0 Å². The molecule has 3 rings (SSSR count). The van der Waals surface area contributed by atoms with Crippen molar-refractivity contribution in [2.24, 2.45) is 0 Å². The maximum atomic E-state index is 12.6. The number of nitrogens with one attached hydrogen (secondary N) is 1. The second-order valence-electron chi connectivity index (χ2n) is 6.51. The van der Waals surface area contributed by atoms with Crippen LogP contribution < -0.4 is 9.03 Å². The summed E-state index contributed by atoms with van der Waals surface area (Å²) >= 11 is 1.26. The topological polar surface area (TPSA) is 83.6 Å². The molecule has 1 aromatic heterocycles. The molecule has 0 atom stereocenters. The van der Waals surface area contributed by atoms with E-state index in [4.69, 9.17) is 0 Å². The lowest BCUT2D eigenvalue weighted by molar-refractivity contribution is 0.585. The Hall–Kier alpha value is -1.58. The molecule has 2 aromatic rings. The highest BCUT2D eigenvalue weighted by Gasteiger charge is 2.27. The van der Waals surface area contributed by atoms with Gasteiger partial charge in [-0.15, -0.1) is 11.3 Å². The normalized spacial score (nSPS) is 14.8. The number of fused-ring (bicyclic) bond motifs is 1. The predicted molar refractivity (Wildman–Crippen MR) is 111 cm³/mol. The van der Waals surface area contributed by atoms with E-state index in [9.17, 15) is 16.8 Å². The molecule has 0 radical (unpaired) electrons. The van der Waals surface area contributed by atoms with Crippen LogP contribution >= 0.6 is 11.3 Å². The number of thiophene rings is 1. The lowest BCUT2D eigenvalue weighted by Crippen LogP contribution is -2.37. The molecule has 0 amide bonds. The largest absolute Gasteiger partial charge is 0.279 e. The van der Waals surface area contributed by atoms with Crippen LogP contribution in [0.2, 0.25) is 0 Å². The van der Waals surface area contributed by atoms with Crippen molar-refractivity contribution in [1.29, 1.82) is 0 Å². The van der Waals surface area contributed by atoms with E-state index in [-0.39, 0.29) is 9.96 Å². The molecular weight excluding hydrogens is 404 g/mol. The Morgan fingerprint density at radius 2 is 1.89 bits per heavy atom. The van der Waals surface area contributed by atoms with Crippen LogP contribution in [0, 0.1) is 0 Å². The van der Waals surface area contributed by atoms with Crippen LogP contribution in [0.3, 0.4) is 0 Å². The van der Waals surface area contributed by atoms with Crippen LogP contribution in [0.25, 0.3) is 0 Å². The monoisotopic (exact) mass is 428 g/mol. The Labute approximate surface area is 165 Å². The fourth-order valence-corrected chi connectivity index (χ4v) is 7.15. The molecule has 0 saturated heterocycles. The summed E-state index contributed by atoms with van der Waals surface area (Å²) in [4.78, 5) is 1.01. The van der Waals surface area contributed by atoms with Gasteiger partial charge >= 0.3 is 0 Å². The quantitative estimate of drug-likeness (QED) is 0.730. The van der Waals surface area contributed by atoms with Crippen LogP contribution in [-0.2, 0) is 32.9 Å². The number of aryl methyl sites for hydroxylation is 2. The minimum atomic E-state index is -3.64. The summed E-state index contributed by atoms with van der Waals surface area (Å²) < 4.78 is 54.5. The van der Waals surface area contributed by atoms with Crippen molar-refractivity contribution in [1.82, 2.24) is 0 Å². The van der Waals surface area contributed by atoms with E-state index in [1.165, 1.54) is 15.6 Å². The van der Waals surface area contributed by atoms with Crippen LogP contribution in [0.5, 0.6) is 0 Å². The first-order valence-corrected chi connectivity index (χ1v) is 12.9. The number of hydrogen-bond acceptors (Lipinski definition) is 5. The third-order valence-corrected chi connectivity index (χ3v) is 9.53. The molecule has 0 spiro atoms. The van der Waals surface area contributed by atoms with Crippen LogP contribution in [0.15, 0.2) is 34.5 Å². The van der Waals surface area contributed by atoms with E-state index in [1.54, 1.807) is 24.3 Å². The number of sulfonamides is 2. The Balaban J connectivity index is 1.88. The molecule has 148 valence electrons. The Kier molecular flexibility index (Phi) is 5.83. The molecule has 1 aliphatic heterocycles. The number of benzene rings is 1. The molecule has 0 fully saturated rings. The fraction of sp³-hybridized carbons (Fsp3) is 0.444. The van der Waals surface area contributed by atoms with Crippen molar-refractivity contribution < 1.29 is 16.8 Å². The fourth-order valence-electron chi connectivity index (χ4n) is 3.18. The van der Waals surface area contributed by atoms with Gasteiger partial charge in [0.2, 0.25) is 10.0 Å². The Bertz CT molecular complexity index is 1030. The van der Waals surface area contributed by atoms with Crippen molar-refractivity contribution >= 4 is 42.8 Å². The molecule has 1 N–H and O–H groups in total. The molecule has 9 heteroatoms. The molecule has 27 heavy (non-hydrogen) atoms. The minimum Gasteiger partial charge on any atom is -0.279 e. The maximum Gasteiger partial charge on any atom is 0.271 e. The highest BCUT2D eigenvalue weighted by molar-refractivity contribution is 7.94. The number of anilines is 2. The van der Waals surface area contributed by atoms with E-state index >= 15 is 0 Å². The number of rotatable bonds is 7. The van der Waals surface area contributed by atoms with Gasteiger partial charge in [0.1, 0.15) is 4.21 Å². The van der Waals surface area contributed by atoms with E-state index in [0.717, 1.165) is 29.7 Å². The first-order valence-electron chi connectivity index (χ1n) is 9.01. The van der Waals surface area contributed by atoms with Gasteiger partial charge in [-0.1, -0.05) is 13.8 Å². The Morgan fingerprint density at radius 1 is 1.11 bits per heavy atom. The van der Waals surface area contributed by atoms with Gasteiger partial charge in [-0.3, -0.25) is 9.03 Å². The average molecular weight is 429 g/mol. The van der Waals surface area contributed by atoms with Crippen molar-refractivity contribution in [2.45, 2.75) is 43.7 Å².